The number of hydrogen-bond acceptors (Lipinski definition) is 4. The maximum atomic E-state index is 6.12. The van der Waals surface area contributed by atoms with Gasteiger partial charge in [0.05, 0.1) is 23.1 Å². The summed E-state index contributed by atoms with van der Waals surface area (Å²) in [6.45, 7) is 3.26. The van der Waals surface area contributed by atoms with E-state index in [0.717, 1.165) is 27.6 Å². The van der Waals surface area contributed by atoms with Crippen LogP contribution in [0.5, 0.6) is 0 Å². The van der Waals surface area contributed by atoms with E-state index in [9.17, 15) is 0 Å². The van der Waals surface area contributed by atoms with E-state index in [0.29, 0.717) is 10.4 Å². The molecular formula is C15H18BrN3S. The van der Waals surface area contributed by atoms with Gasteiger partial charge in [-0.3, -0.25) is 4.98 Å². The number of thioether (sulfide) groups is 1. The molecule has 2 heterocycles. The van der Waals surface area contributed by atoms with Gasteiger partial charge in [-0.2, -0.15) is 11.8 Å². The first-order valence-corrected chi connectivity index (χ1v) is 8.57. The van der Waals surface area contributed by atoms with E-state index in [4.69, 9.17) is 5.73 Å². The molecule has 1 aromatic carbocycles. The fraction of sp³-hybridized carbons (Fsp3) is 0.400. The number of nitrogens with two attached hydrogens (primary N) is 1. The summed E-state index contributed by atoms with van der Waals surface area (Å²) in [5, 5.41) is 4.63. The highest BCUT2D eigenvalue weighted by Gasteiger charge is 2.29. The van der Waals surface area contributed by atoms with Crippen molar-refractivity contribution in [2.24, 2.45) is 0 Å². The van der Waals surface area contributed by atoms with Crippen molar-refractivity contribution in [3.8, 4) is 0 Å². The SMILES string of the molecule is CC1(CNc2c(N)cnc3ccc(Br)cc23)CCCS1. The molecule has 1 aromatic heterocycles. The fourth-order valence-electron chi connectivity index (χ4n) is 2.63. The lowest BCUT2D eigenvalue weighted by atomic mass is 10.1. The molecule has 0 aliphatic carbocycles. The Hall–Kier alpha value is -0.940. The van der Waals surface area contributed by atoms with Crippen molar-refractivity contribution < 1.29 is 0 Å². The van der Waals surface area contributed by atoms with Crippen molar-refractivity contribution in [2.75, 3.05) is 23.3 Å². The van der Waals surface area contributed by atoms with Crippen LogP contribution in [0.3, 0.4) is 0 Å². The van der Waals surface area contributed by atoms with Crippen LogP contribution in [0.1, 0.15) is 19.8 Å². The molecule has 1 saturated heterocycles. The number of anilines is 2. The maximum Gasteiger partial charge on any atom is 0.0743 e. The molecule has 1 aliphatic heterocycles. The topological polar surface area (TPSA) is 50.9 Å². The number of hydrogen-bond donors (Lipinski definition) is 2. The summed E-state index contributed by atoms with van der Waals surface area (Å²) in [5.74, 6) is 1.26. The lowest BCUT2D eigenvalue weighted by Crippen LogP contribution is -2.27. The highest BCUT2D eigenvalue weighted by atomic mass is 79.9. The van der Waals surface area contributed by atoms with Crippen LogP contribution in [0, 0.1) is 0 Å². The van der Waals surface area contributed by atoms with Crippen molar-refractivity contribution in [2.45, 2.75) is 24.5 Å². The van der Waals surface area contributed by atoms with Crippen LogP contribution >= 0.6 is 27.7 Å². The first-order valence-electron chi connectivity index (χ1n) is 6.79. The Morgan fingerprint density at radius 3 is 3.10 bits per heavy atom. The van der Waals surface area contributed by atoms with Crippen molar-refractivity contribution >= 4 is 50.0 Å². The van der Waals surface area contributed by atoms with E-state index in [2.05, 4.69) is 51.0 Å². The Bertz CT molecular complexity index is 633. The fourth-order valence-corrected chi connectivity index (χ4v) is 4.23. The molecule has 3 N–H and O–H groups in total. The number of rotatable bonds is 3. The van der Waals surface area contributed by atoms with Gasteiger partial charge in [-0.15, -0.1) is 0 Å². The van der Waals surface area contributed by atoms with Gasteiger partial charge in [0.25, 0.3) is 0 Å². The molecule has 0 radical (unpaired) electrons. The predicted octanol–water partition coefficient (Wildman–Crippen LogP) is 4.28. The minimum Gasteiger partial charge on any atom is -0.396 e. The molecule has 0 bridgehead atoms. The van der Waals surface area contributed by atoms with E-state index < -0.39 is 0 Å². The zero-order chi connectivity index (χ0) is 14.2. The Morgan fingerprint density at radius 2 is 2.35 bits per heavy atom. The highest BCUT2D eigenvalue weighted by Crippen LogP contribution is 2.39. The maximum absolute atomic E-state index is 6.12. The van der Waals surface area contributed by atoms with Crippen LogP contribution < -0.4 is 11.1 Å². The summed E-state index contributed by atoms with van der Waals surface area (Å²) in [6.07, 6.45) is 4.31. The normalized spacial score (nSPS) is 22.3. The summed E-state index contributed by atoms with van der Waals surface area (Å²) in [5.41, 5.74) is 8.80. The number of aromatic nitrogens is 1. The molecule has 5 heteroatoms. The standard InChI is InChI=1S/C15H18BrN3S/c1-15(5-2-6-20-15)9-19-14-11-7-10(16)3-4-13(11)18-8-12(14)17/h3-4,7-8H,2,5-6,9,17H2,1H3,(H,18,19). The lowest BCUT2D eigenvalue weighted by molar-refractivity contribution is 0.635. The van der Waals surface area contributed by atoms with Crippen molar-refractivity contribution in [3.63, 3.8) is 0 Å². The summed E-state index contributed by atoms with van der Waals surface area (Å²) >= 11 is 5.57. The molecule has 0 saturated carbocycles. The molecule has 2 aromatic rings. The molecule has 1 atom stereocenters. The minimum atomic E-state index is 0.314. The Labute approximate surface area is 131 Å². The number of nitrogens with one attached hydrogen (secondary N) is 1. The van der Waals surface area contributed by atoms with Crippen LogP contribution in [0.2, 0.25) is 0 Å². The summed E-state index contributed by atoms with van der Waals surface area (Å²) in [6, 6.07) is 6.09. The molecule has 1 fully saturated rings. The van der Waals surface area contributed by atoms with E-state index in [-0.39, 0.29) is 0 Å². The second-order valence-corrected chi connectivity index (χ2v) is 8.10. The van der Waals surface area contributed by atoms with Gasteiger partial charge in [-0.05, 0) is 43.7 Å². The largest absolute Gasteiger partial charge is 0.396 e. The van der Waals surface area contributed by atoms with Crippen molar-refractivity contribution in [1.29, 1.82) is 0 Å². The van der Waals surface area contributed by atoms with E-state index >= 15 is 0 Å². The van der Waals surface area contributed by atoms with Crippen LogP contribution in [-0.2, 0) is 0 Å². The van der Waals surface area contributed by atoms with Gasteiger partial charge in [0.15, 0.2) is 0 Å². The predicted molar refractivity (Wildman–Crippen MR) is 92.4 cm³/mol. The summed E-state index contributed by atoms with van der Waals surface area (Å²) < 4.78 is 1.36. The van der Waals surface area contributed by atoms with Gasteiger partial charge in [-0.1, -0.05) is 15.9 Å². The van der Waals surface area contributed by atoms with E-state index in [1.807, 2.05) is 12.1 Å². The second kappa shape index (κ2) is 5.45. The number of nitrogen functional groups attached to an aromatic ring is 1. The average Bonchev–Trinajstić information content (AvgIpc) is 2.85. The quantitative estimate of drug-likeness (QED) is 0.866. The lowest BCUT2D eigenvalue weighted by Gasteiger charge is -2.24. The minimum absolute atomic E-state index is 0.314. The van der Waals surface area contributed by atoms with Crippen LogP contribution in [0.15, 0.2) is 28.9 Å². The number of halogens is 1. The Balaban J connectivity index is 1.93. The summed E-state index contributed by atoms with van der Waals surface area (Å²) in [4.78, 5) is 4.39. The highest BCUT2D eigenvalue weighted by molar-refractivity contribution is 9.10. The Kier molecular flexibility index (Phi) is 3.82. The van der Waals surface area contributed by atoms with Crippen LogP contribution in [0.4, 0.5) is 11.4 Å². The number of pyridine rings is 1. The number of fused-ring (bicyclic) bond motifs is 1. The average molecular weight is 352 g/mol. The van der Waals surface area contributed by atoms with Gasteiger partial charge < -0.3 is 11.1 Å². The Morgan fingerprint density at radius 1 is 1.50 bits per heavy atom. The number of nitrogens with zero attached hydrogens (tertiary/aromatic N) is 1. The first-order chi connectivity index (χ1) is 9.57. The molecule has 3 nitrogen and oxygen atoms in total. The molecule has 0 spiro atoms. The van der Waals surface area contributed by atoms with Crippen LogP contribution in [0.25, 0.3) is 10.9 Å². The van der Waals surface area contributed by atoms with Gasteiger partial charge in [-0.25, -0.2) is 0 Å². The van der Waals surface area contributed by atoms with Gasteiger partial charge in [0.2, 0.25) is 0 Å². The number of benzene rings is 1. The first kappa shape index (κ1) is 14.0. The van der Waals surface area contributed by atoms with E-state index in [1.165, 1.54) is 18.6 Å². The molecular weight excluding hydrogens is 334 g/mol. The molecule has 20 heavy (non-hydrogen) atoms. The molecule has 3 rings (SSSR count). The van der Waals surface area contributed by atoms with E-state index in [1.54, 1.807) is 6.20 Å². The molecule has 1 aliphatic rings. The van der Waals surface area contributed by atoms with Crippen molar-refractivity contribution in [3.05, 3.63) is 28.9 Å². The smallest absolute Gasteiger partial charge is 0.0743 e. The summed E-state index contributed by atoms with van der Waals surface area (Å²) in [7, 11) is 0. The second-order valence-electron chi connectivity index (χ2n) is 5.51. The third kappa shape index (κ3) is 2.74. The zero-order valence-corrected chi connectivity index (χ0v) is 13.9. The molecule has 0 amide bonds. The van der Waals surface area contributed by atoms with Gasteiger partial charge in [0.1, 0.15) is 0 Å². The molecule has 1 unspecified atom stereocenters. The van der Waals surface area contributed by atoms with Crippen molar-refractivity contribution in [1.82, 2.24) is 4.98 Å². The zero-order valence-electron chi connectivity index (χ0n) is 11.4. The van der Waals surface area contributed by atoms with Gasteiger partial charge >= 0.3 is 0 Å². The molecule has 106 valence electrons. The third-order valence-electron chi connectivity index (χ3n) is 3.80. The monoisotopic (exact) mass is 351 g/mol. The third-order valence-corrected chi connectivity index (χ3v) is 5.83. The van der Waals surface area contributed by atoms with Gasteiger partial charge in [0, 0.05) is 21.2 Å². The van der Waals surface area contributed by atoms with Crippen LogP contribution in [-0.4, -0.2) is 22.0 Å².